The Morgan fingerprint density at radius 2 is 1.27 bits per heavy atom. The quantitative estimate of drug-likeness (QED) is 0.223. The van der Waals surface area contributed by atoms with Crippen LogP contribution in [-0.4, -0.2) is 23.9 Å². The molecule has 10 rings (SSSR count). The number of fused-ring (bicyclic) bond motifs is 13. The van der Waals surface area contributed by atoms with Gasteiger partial charge in [0, 0.05) is 38.5 Å². The summed E-state index contributed by atoms with van der Waals surface area (Å²) < 4.78 is 4.70. The molecule has 0 spiro atoms. The molecule has 0 atom stereocenters. The van der Waals surface area contributed by atoms with Crippen LogP contribution < -0.4 is 0 Å². The Morgan fingerprint density at radius 1 is 0.500 bits per heavy atom. The van der Waals surface area contributed by atoms with Crippen molar-refractivity contribution in [2.45, 2.75) is 0 Å². The molecule has 0 N–H and O–H groups in total. The van der Waals surface area contributed by atoms with E-state index in [4.69, 9.17) is 9.97 Å². The summed E-state index contributed by atoms with van der Waals surface area (Å²) in [6.45, 7) is 0. The van der Waals surface area contributed by atoms with E-state index in [1.807, 2.05) is 18.3 Å². The number of benzene rings is 5. The van der Waals surface area contributed by atoms with Gasteiger partial charge in [0.1, 0.15) is 5.52 Å². The Morgan fingerprint density at radius 3 is 2.17 bits per heavy atom. The van der Waals surface area contributed by atoms with Crippen LogP contribution in [-0.2, 0) is 0 Å². The van der Waals surface area contributed by atoms with Crippen LogP contribution >= 0.6 is 0 Å². The largest absolute Gasteiger partial charge is 0.308 e. The molecule has 5 aromatic heterocycles. The molecule has 0 saturated carbocycles. The average molecular weight is 510 g/mol. The Kier molecular flexibility index (Phi) is 3.62. The van der Waals surface area contributed by atoms with Gasteiger partial charge >= 0.3 is 0 Å². The number of pyridine rings is 1. The predicted octanol–water partition coefficient (Wildman–Crippen LogP) is 8.43. The molecule has 0 aliphatic rings. The highest BCUT2D eigenvalue weighted by molar-refractivity contribution is 6.36. The second-order valence-corrected chi connectivity index (χ2v) is 10.5. The standard InChI is InChI=1S/C35H19N5/c1-2-9-21-20(8-1)15-16-30-31(21)25-18-24-22-10-3-5-13-28(22)39-29-14-6-4-11-23(29)32(33(24)39)34(25)40(30)35-37-19-27-26(38-35)12-7-17-36-27/h1-19H. The molecular formula is C35H19N5. The van der Waals surface area contributed by atoms with Crippen molar-refractivity contribution in [2.24, 2.45) is 0 Å². The van der Waals surface area contributed by atoms with Crippen molar-refractivity contribution in [2.75, 3.05) is 0 Å². The summed E-state index contributed by atoms with van der Waals surface area (Å²) >= 11 is 0. The molecule has 0 aliphatic carbocycles. The van der Waals surface area contributed by atoms with Crippen molar-refractivity contribution in [3.05, 3.63) is 116 Å². The maximum atomic E-state index is 5.05. The highest BCUT2D eigenvalue weighted by Gasteiger charge is 2.25. The topological polar surface area (TPSA) is 48.0 Å². The number of para-hydroxylation sites is 2. The SMILES string of the molecule is c1ccc2c(c1)ccc1c2c2cc3c4ccccc4n4c5ccccc5c(c2n1-c1ncc2ncccc2n1)c34. The molecule has 5 aromatic carbocycles. The van der Waals surface area contributed by atoms with Gasteiger partial charge < -0.3 is 4.40 Å². The van der Waals surface area contributed by atoms with Gasteiger partial charge in [0.05, 0.1) is 39.3 Å². The van der Waals surface area contributed by atoms with Gasteiger partial charge in [-0.15, -0.1) is 0 Å². The molecule has 10 aromatic rings. The third-order valence-corrected chi connectivity index (χ3v) is 8.53. The highest BCUT2D eigenvalue weighted by Crippen LogP contribution is 2.47. The maximum absolute atomic E-state index is 5.05. The van der Waals surface area contributed by atoms with Gasteiger partial charge in [-0.3, -0.25) is 9.55 Å². The predicted molar refractivity (Wildman–Crippen MR) is 164 cm³/mol. The number of nitrogens with zero attached hydrogens (tertiary/aromatic N) is 5. The minimum atomic E-state index is 0.651. The second kappa shape index (κ2) is 7.10. The van der Waals surface area contributed by atoms with E-state index in [9.17, 15) is 0 Å². The van der Waals surface area contributed by atoms with Gasteiger partial charge in [0.15, 0.2) is 0 Å². The van der Waals surface area contributed by atoms with E-state index in [0.717, 1.165) is 22.1 Å². The first-order chi connectivity index (χ1) is 19.9. The van der Waals surface area contributed by atoms with E-state index in [2.05, 4.69) is 105 Å². The fourth-order valence-electron chi connectivity index (χ4n) is 6.95. The lowest BCUT2D eigenvalue weighted by Crippen LogP contribution is -2.01. The maximum Gasteiger partial charge on any atom is 0.235 e. The van der Waals surface area contributed by atoms with Crippen LogP contribution in [0, 0.1) is 0 Å². The number of hydrogen-bond donors (Lipinski definition) is 0. The minimum Gasteiger partial charge on any atom is -0.308 e. The third kappa shape index (κ3) is 2.37. The summed E-state index contributed by atoms with van der Waals surface area (Å²) in [7, 11) is 0. The highest BCUT2D eigenvalue weighted by atomic mass is 15.2. The summed E-state index contributed by atoms with van der Waals surface area (Å²) in [5.74, 6) is 0.651. The van der Waals surface area contributed by atoms with Crippen molar-refractivity contribution < 1.29 is 0 Å². The van der Waals surface area contributed by atoms with Crippen LogP contribution in [0.5, 0.6) is 0 Å². The molecule has 0 fully saturated rings. The minimum absolute atomic E-state index is 0.651. The van der Waals surface area contributed by atoms with Crippen LogP contribution in [0.4, 0.5) is 0 Å². The number of aromatic nitrogens is 5. The van der Waals surface area contributed by atoms with Crippen LogP contribution in [0.25, 0.3) is 87.7 Å². The molecule has 0 bridgehead atoms. The fourth-order valence-corrected chi connectivity index (χ4v) is 6.95. The van der Waals surface area contributed by atoms with Gasteiger partial charge in [-0.2, -0.15) is 0 Å². The molecule has 5 heterocycles. The normalized spacial score (nSPS) is 12.5. The Bertz CT molecular complexity index is 2660. The smallest absolute Gasteiger partial charge is 0.235 e. The molecule has 5 nitrogen and oxygen atoms in total. The zero-order valence-corrected chi connectivity index (χ0v) is 21.2. The lowest BCUT2D eigenvalue weighted by atomic mass is 10.0. The van der Waals surface area contributed by atoms with E-state index in [-0.39, 0.29) is 0 Å². The van der Waals surface area contributed by atoms with E-state index >= 15 is 0 Å². The third-order valence-electron chi connectivity index (χ3n) is 8.53. The van der Waals surface area contributed by atoms with Crippen LogP contribution in [0.15, 0.2) is 116 Å². The molecule has 0 radical (unpaired) electrons. The van der Waals surface area contributed by atoms with Crippen molar-refractivity contribution in [3.8, 4) is 5.95 Å². The summed E-state index contributed by atoms with van der Waals surface area (Å²) in [5, 5.41) is 9.88. The van der Waals surface area contributed by atoms with Crippen molar-refractivity contribution in [1.29, 1.82) is 0 Å². The first-order valence-corrected chi connectivity index (χ1v) is 13.5. The number of hydrogen-bond acceptors (Lipinski definition) is 3. The molecule has 0 saturated heterocycles. The van der Waals surface area contributed by atoms with Gasteiger partial charge in [-0.1, -0.05) is 66.7 Å². The van der Waals surface area contributed by atoms with Gasteiger partial charge in [-0.05, 0) is 47.2 Å². The van der Waals surface area contributed by atoms with Crippen molar-refractivity contribution >= 4 is 81.7 Å². The number of rotatable bonds is 1. The molecular weight excluding hydrogens is 490 g/mol. The first-order valence-electron chi connectivity index (χ1n) is 13.5. The van der Waals surface area contributed by atoms with Crippen LogP contribution in [0.3, 0.4) is 0 Å². The Balaban J connectivity index is 1.55. The monoisotopic (exact) mass is 509 g/mol. The van der Waals surface area contributed by atoms with Crippen molar-refractivity contribution in [1.82, 2.24) is 23.9 Å². The second-order valence-electron chi connectivity index (χ2n) is 10.5. The van der Waals surface area contributed by atoms with Crippen LogP contribution in [0.1, 0.15) is 0 Å². The molecule has 40 heavy (non-hydrogen) atoms. The first kappa shape index (κ1) is 20.4. The molecule has 184 valence electrons. The Hall–Kier alpha value is -5.55. The molecule has 0 unspecified atom stereocenters. The summed E-state index contributed by atoms with van der Waals surface area (Å²) in [4.78, 5) is 14.4. The lowest BCUT2D eigenvalue weighted by Gasteiger charge is -2.08. The van der Waals surface area contributed by atoms with Crippen molar-refractivity contribution in [3.63, 3.8) is 0 Å². The summed E-state index contributed by atoms with van der Waals surface area (Å²) in [6.07, 6.45) is 3.62. The van der Waals surface area contributed by atoms with Gasteiger partial charge in [0.2, 0.25) is 5.95 Å². The fraction of sp³-hybridized carbons (Fsp3) is 0. The zero-order chi connectivity index (χ0) is 25.9. The van der Waals surface area contributed by atoms with Gasteiger partial charge in [-0.25, -0.2) is 9.97 Å². The van der Waals surface area contributed by atoms with E-state index in [1.165, 1.54) is 59.6 Å². The summed E-state index contributed by atoms with van der Waals surface area (Å²) in [6, 6.07) is 36.9. The van der Waals surface area contributed by atoms with Gasteiger partial charge in [0.25, 0.3) is 0 Å². The summed E-state index contributed by atoms with van der Waals surface area (Å²) in [5.41, 5.74) is 7.53. The van der Waals surface area contributed by atoms with E-state index in [1.54, 1.807) is 6.20 Å². The van der Waals surface area contributed by atoms with E-state index in [0.29, 0.717) is 5.95 Å². The van der Waals surface area contributed by atoms with E-state index < -0.39 is 0 Å². The average Bonchev–Trinajstić information content (AvgIpc) is 3.65. The molecule has 0 amide bonds. The molecule has 5 heteroatoms. The molecule has 0 aliphatic heterocycles. The van der Waals surface area contributed by atoms with Crippen LogP contribution in [0.2, 0.25) is 0 Å². The Labute approximate surface area is 226 Å². The lowest BCUT2D eigenvalue weighted by molar-refractivity contribution is 1.01. The zero-order valence-electron chi connectivity index (χ0n) is 21.2.